The average molecular weight is 361 g/mol. The monoisotopic (exact) mass is 361 g/mol. The van der Waals surface area contributed by atoms with E-state index in [9.17, 15) is 4.79 Å². The molecule has 27 heavy (non-hydrogen) atoms. The van der Waals surface area contributed by atoms with E-state index in [0.717, 1.165) is 41.7 Å². The molecule has 1 amide bonds. The third-order valence-corrected chi connectivity index (χ3v) is 6.01. The number of hydrogen-bond donors (Lipinski definition) is 2. The zero-order valence-corrected chi connectivity index (χ0v) is 16.4. The van der Waals surface area contributed by atoms with Crippen LogP contribution in [-0.2, 0) is 6.42 Å². The average Bonchev–Trinajstić information content (AvgIpc) is 3.32. The number of primary amides is 1. The summed E-state index contributed by atoms with van der Waals surface area (Å²) in [5, 5.41) is 1.19. The number of anilines is 1. The molecule has 1 fully saturated rings. The lowest BCUT2D eigenvalue weighted by Crippen LogP contribution is -2.24. The van der Waals surface area contributed by atoms with E-state index < -0.39 is 0 Å². The minimum absolute atomic E-state index is 0.332. The van der Waals surface area contributed by atoms with Crippen LogP contribution < -0.4 is 10.6 Å². The maximum Gasteiger partial charge on any atom is 0.249 e. The van der Waals surface area contributed by atoms with Crippen molar-refractivity contribution in [3.8, 4) is 11.1 Å². The van der Waals surface area contributed by atoms with E-state index in [1.807, 2.05) is 13.0 Å². The number of nitrogens with zero attached hydrogens (tertiary/aromatic N) is 1. The van der Waals surface area contributed by atoms with Crippen LogP contribution in [0.2, 0.25) is 0 Å². The molecule has 4 rings (SSSR count). The number of para-hydroxylation sites is 1. The molecule has 0 radical (unpaired) electrons. The van der Waals surface area contributed by atoms with Gasteiger partial charge in [0.1, 0.15) is 0 Å². The standard InChI is InChI=1S/C23H27N3O/c1-4-16-20(23(24)27)14(2)15(3)22(26-11-7-8-12-26)21(16)18-13-25-19-10-6-5-9-17(18)19/h5-6,9-10,13,25H,4,7-8,11-12H2,1-3H3,(H2,24,27). The van der Waals surface area contributed by atoms with Gasteiger partial charge < -0.3 is 15.6 Å². The summed E-state index contributed by atoms with van der Waals surface area (Å²) in [5.74, 6) is -0.332. The fourth-order valence-corrected chi connectivity index (χ4v) is 4.64. The third kappa shape index (κ3) is 2.71. The zero-order chi connectivity index (χ0) is 19.1. The molecular weight excluding hydrogens is 334 g/mol. The molecule has 0 atom stereocenters. The predicted octanol–water partition coefficient (Wildman–Crippen LogP) is 4.71. The number of H-pyrrole nitrogens is 1. The second-order valence-electron chi connectivity index (χ2n) is 7.49. The number of aromatic nitrogens is 1. The number of nitrogens with one attached hydrogen (secondary N) is 1. The van der Waals surface area contributed by atoms with Gasteiger partial charge in [-0.3, -0.25) is 4.79 Å². The van der Waals surface area contributed by atoms with Crippen molar-refractivity contribution in [1.82, 2.24) is 4.98 Å². The summed E-state index contributed by atoms with van der Waals surface area (Å²) >= 11 is 0. The van der Waals surface area contributed by atoms with Gasteiger partial charge in [-0.25, -0.2) is 0 Å². The van der Waals surface area contributed by atoms with Gasteiger partial charge in [0, 0.05) is 52.6 Å². The van der Waals surface area contributed by atoms with Crippen LogP contribution in [-0.4, -0.2) is 24.0 Å². The Morgan fingerprint density at radius 1 is 1.15 bits per heavy atom. The molecule has 140 valence electrons. The first kappa shape index (κ1) is 17.7. The van der Waals surface area contributed by atoms with Gasteiger partial charge in [0.05, 0.1) is 0 Å². The van der Waals surface area contributed by atoms with Crippen molar-refractivity contribution >= 4 is 22.5 Å². The summed E-state index contributed by atoms with van der Waals surface area (Å²) in [6.07, 6.45) is 5.28. The quantitative estimate of drug-likeness (QED) is 0.707. The molecule has 1 aliphatic heterocycles. The van der Waals surface area contributed by atoms with Gasteiger partial charge in [0.15, 0.2) is 0 Å². The first-order valence-electron chi connectivity index (χ1n) is 9.81. The Bertz CT molecular complexity index is 1030. The molecule has 0 bridgehead atoms. The van der Waals surface area contributed by atoms with Crippen LogP contribution in [0.25, 0.3) is 22.0 Å². The van der Waals surface area contributed by atoms with Crippen molar-refractivity contribution in [3.63, 3.8) is 0 Å². The second-order valence-corrected chi connectivity index (χ2v) is 7.49. The Balaban J connectivity index is 2.13. The molecule has 1 aromatic heterocycles. The van der Waals surface area contributed by atoms with Gasteiger partial charge in [-0.1, -0.05) is 25.1 Å². The summed E-state index contributed by atoms with van der Waals surface area (Å²) in [5.41, 5.74) is 14.5. The number of fused-ring (bicyclic) bond motifs is 1. The maximum absolute atomic E-state index is 12.4. The Kier molecular flexibility index (Phi) is 4.42. The highest BCUT2D eigenvalue weighted by molar-refractivity contribution is 6.06. The molecule has 1 saturated heterocycles. The molecule has 0 spiro atoms. The van der Waals surface area contributed by atoms with Gasteiger partial charge in [-0.05, 0) is 55.9 Å². The molecule has 4 heteroatoms. The highest BCUT2D eigenvalue weighted by atomic mass is 16.1. The SMILES string of the molecule is CCc1c(C(N)=O)c(C)c(C)c(N2CCCC2)c1-c1c[nH]c2ccccc12. The van der Waals surface area contributed by atoms with Crippen molar-refractivity contribution in [1.29, 1.82) is 0 Å². The summed E-state index contributed by atoms with van der Waals surface area (Å²) in [6.45, 7) is 8.41. The van der Waals surface area contributed by atoms with Crippen molar-refractivity contribution in [2.45, 2.75) is 40.0 Å². The molecule has 0 saturated carbocycles. The molecule has 1 aliphatic rings. The topological polar surface area (TPSA) is 62.1 Å². The van der Waals surface area contributed by atoms with E-state index in [-0.39, 0.29) is 5.91 Å². The Hall–Kier alpha value is -2.75. The molecule has 4 nitrogen and oxygen atoms in total. The van der Waals surface area contributed by atoms with E-state index >= 15 is 0 Å². The van der Waals surface area contributed by atoms with Crippen molar-refractivity contribution < 1.29 is 4.79 Å². The molecule has 3 N–H and O–H groups in total. The lowest BCUT2D eigenvalue weighted by atomic mass is 9.85. The number of rotatable bonds is 4. The van der Waals surface area contributed by atoms with Gasteiger partial charge in [-0.15, -0.1) is 0 Å². The van der Waals surface area contributed by atoms with E-state index in [0.29, 0.717) is 5.56 Å². The predicted molar refractivity (Wildman–Crippen MR) is 113 cm³/mol. The number of carbonyl (C=O) groups is 1. The van der Waals surface area contributed by atoms with Crippen LogP contribution in [0.3, 0.4) is 0 Å². The minimum atomic E-state index is -0.332. The summed E-state index contributed by atoms with van der Waals surface area (Å²) < 4.78 is 0. The number of benzene rings is 2. The van der Waals surface area contributed by atoms with Crippen molar-refractivity contribution in [2.24, 2.45) is 5.73 Å². The normalized spacial score (nSPS) is 14.3. The van der Waals surface area contributed by atoms with Gasteiger partial charge in [0.2, 0.25) is 5.91 Å². The first-order chi connectivity index (χ1) is 13.0. The third-order valence-electron chi connectivity index (χ3n) is 6.01. The van der Waals surface area contributed by atoms with Crippen LogP contribution in [0.5, 0.6) is 0 Å². The van der Waals surface area contributed by atoms with E-state index in [1.165, 1.54) is 35.0 Å². The number of hydrogen-bond acceptors (Lipinski definition) is 2. The minimum Gasteiger partial charge on any atom is -0.371 e. The summed E-state index contributed by atoms with van der Waals surface area (Å²) in [6, 6.07) is 8.35. The largest absolute Gasteiger partial charge is 0.371 e. The van der Waals surface area contributed by atoms with Gasteiger partial charge in [-0.2, -0.15) is 0 Å². The highest BCUT2D eigenvalue weighted by Crippen LogP contribution is 2.44. The van der Waals surface area contributed by atoms with Crippen molar-refractivity contribution in [2.75, 3.05) is 18.0 Å². The fraction of sp³-hybridized carbons (Fsp3) is 0.348. The Labute approximate surface area is 160 Å². The van der Waals surface area contributed by atoms with E-state index in [1.54, 1.807) is 0 Å². The Morgan fingerprint density at radius 3 is 2.52 bits per heavy atom. The van der Waals surface area contributed by atoms with Crippen LogP contribution in [0.15, 0.2) is 30.5 Å². The lowest BCUT2D eigenvalue weighted by molar-refractivity contribution is 0.0999. The molecule has 2 aromatic carbocycles. The number of aromatic amines is 1. The fourth-order valence-electron chi connectivity index (χ4n) is 4.64. The molecule has 0 aliphatic carbocycles. The zero-order valence-electron chi connectivity index (χ0n) is 16.4. The molecule has 3 aromatic rings. The summed E-state index contributed by atoms with van der Waals surface area (Å²) in [7, 11) is 0. The van der Waals surface area contributed by atoms with Crippen molar-refractivity contribution in [3.05, 3.63) is 52.7 Å². The van der Waals surface area contributed by atoms with Gasteiger partial charge >= 0.3 is 0 Å². The first-order valence-corrected chi connectivity index (χ1v) is 9.81. The van der Waals surface area contributed by atoms with Crippen LogP contribution in [0.4, 0.5) is 5.69 Å². The molecule has 0 unspecified atom stereocenters. The Morgan fingerprint density at radius 2 is 1.85 bits per heavy atom. The highest BCUT2D eigenvalue weighted by Gasteiger charge is 2.28. The number of carbonyl (C=O) groups excluding carboxylic acids is 1. The molecular formula is C23H27N3O. The van der Waals surface area contributed by atoms with Gasteiger partial charge in [0.25, 0.3) is 0 Å². The number of amides is 1. The van der Waals surface area contributed by atoms with Crippen LogP contribution >= 0.6 is 0 Å². The van der Waals surface area contributed by atoms with Crippen LogP contribution in [0.1, 0.15) is 46.8 Å². The van der Waals surface area contributed by atoms with Crippen LogP contribution in [0, 0.1) is 13.8 Å². The smallest absolute Gasteiger partial charge is 0.249 e. The maximum atomic E-state index is 12.4. The molecule has 2 heterocycles. The number of nitrogens with two attached hydrogens (primary N) is 1. The van der Waals surface area contributed by atoms with E-state index in [4.69, 9.17) is 5.73 Å². The second kappa shape index (κ2) is 6.76. The van der Waals surface area contributed by atoms with E-state index in [2.05, 4.69) is 48.1 Å². The lowest BCUT2D eigenvalue weighted by Gasteiger charge is -2.29. The summed E-state index contributed by atoms with van der Waals surface area (Å²) in [4.78, 5) is 18.3.